The van der Waals surface area contributed by atoms with Gasteiger partial charge in [-0.2, -0.15) is 0 Å². The lowest BCUT2D eigenvalue weighted by Gasteiger charge is -2.15. The maximum atomic E-state index is 12.1. The molecule has 0 spiro atoms. The summed E-state index contributed by atoms with van der Waals surface area (Å²) in [5.74, 6) is 0.173. The first kappa shape index (κ1) is 14.4. The zero-order valence-corrected chi connectivity index (χ0v) is 12.0. The molecule has 3 heteroatoms. The number of hydrogen-bond donors (Lipinski definition) is 0. The second kappa shape index (κ2) is 7.62. The summed E-state index contributed by atoms with van der Waals surface area (Å²) in [6.07, 6.45) is 1.98. The first-order chi connectivity index (χ1) is 8.17. The quantitative estimate of drug-likeness (QED) is 0.766. The molecule has 0 fully saturated rings. The summed E-state index contributed by atoms with van der Waals surface area (Å²) in [4.78, 5) is 12.1. The fourth-order valence-electron chi connectivity index (χ4n) is 1.76. The van der Waals surface area contributed by atoms with Crippen LogP contribution >= 0.6 is 15.9 Å². The van der Waals surface area contributed by atoms with Gasteiger partial charge in [0.1, 0.15) is 6.10 Å². The zero-order valence-electron chi connectivity index (χ0n) is 10.4. The maximum absolute atomic E-state index is 12.1. The van der Waals surface area contributed by atoms with Crippen molar-refractivity contribution in [2.45, 2.75) is 39.2 Å². The van der Waals surface area contributed by atoms with Gasteiger partial charge in [-0.25, -0.2) is 0 Å². The number of Topliss-reactive ketones (excluding diaryl/α,β-unsaturated/α-hetero) is 1. The molecule has 1 aromatic rings. The Morgan fingerprint density at radius 1 is 1.41 bits per heavy atom. The van der Waals surface area contributed by atoms with Crippen LogP contribution in [0.2, 0.25) is 0 Å². The number of carbonyl (C=O) groups excluding carboxylic acids is 1. The van der Waals surface area contributed by atoms with Gasteiger partial charge in [-0.1, -0.05) is 41.4 Å². The third-order valence-electron chi connectivity index (χ3n) is 2.55. The fourth-order valence-corrected chi connectivity index (χ4v) is 2.21. The minimum absolute atomic E-state index is 0.173. The van der Waals surface area contributed by atoms with Crippen LogP contribution in [0.25, 0.3) is 0 Å². The van der Waals surface area contributed by atoms with Gasteiger partial charge in [0.2, 0.25) is 0 Å². The molecule has 0 saturated carbocycles. The van der Waals surface area contributed by atoms with E-state index in [0.29, 0.717) is 13.0 Å². The van der Waals surface area contributed by atoms with Crippen molar-refractivity contribution < 1.29 is 9.53 Å². The highest BCUT2D eigenvalue weighted by molar-refractivity contribution is 9.10. The summed E-state index contributed by atoms with van der Waals surface area (Å²) in [6.45, 7) is 4.59. The molecule has 1 rings (SSSR count). The molecule has 2 nitrogen and oxygen atoms in total. The van der Waals surface area contributed by atoms with Gasteiger partial charge < -0.3 is 4.74 Å². The number of halogens is 1. The van der Waals surface area contributed by atoms with E-state index in [1.807, 2.05) is 31.2 Å². The van der Waals surface area contributed by atoms with Crippen LogP contribution < -0.4 is 0 Å². The van der Waals surface area contributed by atoms with Crippen molar-refractivity contribution in [1.82, 2.24) is 0 Å². The molecular formula is C14H19BrO2. The van der Waals surface area contributed by atoms with Gasteiger partial charge in [-0.15, -0.1) is 0 Å². The number of ketones is 1. The lowest BCUT2D eigenvalue weighted by Crippen LogP contribution is -2.25. The summed E-state index contributed by atoms with van der Waals surface area (Å²) in [7, 11) is 0. The van der Waals surface area contributed by atoms with Crippen molar-refractivity contribution in [3.63, 3.8) is 0 Å². The van der Waals surface area contributed by atoms with E-state index in [1.165, 1.54) is 0 Å². The van der Waals surface area contributed by atoms with Crippen LogP contribution in [-0.4, -0.2) is 18.5 Å². The smallest absolute Gasteiger partial charge is 0.165 e. The molecule has 1 atom stereocenters. The zero-order chi connectivity index (χ0) is 12.7. The molecule has 0 aliphatic heterocycles. The molecule has 0 aliphatic carbocycles. The molecule has 0 saturated heterocycles. The van der Waals surface area contributed by atoms with Gasteiger partial charge in [-0.3, -0.25) is 4.79 Å². The van der Waals surface area contributed by atoms with E-state index in [2.05, 4.69) is 22.9 Å². The molecule has 1 unspecified atom stereocenters. The van der Waals surface area contributed by atoms with E-state index in [0.717, 1.165) is 22.9 Å². The third-order valence-corrected chi connectivity index (χ3v) is 3.04. The van der Waals surface area contributed by atoms with Crippen LogP contribution in [0.15, 0.2) is 28.7 Å². The Morgan fingerprint density at radius 3 is 2.76 bits per heavy atom. The third kappa shape index (κ3) is 5.00. The Bertz CT molecular complexity index is 357. The van der Waals surface area contributed by atoms with E-state index < -0.39 is 0 Å². The molecule has 0 aromatic heterocycles. The normalized spacial score (nSPS) is 12.4. The average Bonchev–Trinajstić information content (AvgIpc) is 2.28. The molecule has 0 radical (unpaired) electrons. The van der Waals surface area contributed by atoms with E-state index in [9.17, 15) is 4.79 Å². The topological polar surface area (TPSA) is 26.3 Å². The summed E-state index contributed by atoms with van der Waals surface area (Å²) in [5, 5.41) is 0. The number of carbonyl (C=O) groups is 1. The Morgan fingerprint density at radius 2 is 2.18 bits per heavy atom. The van der Waals surface area contributed by atoms with Gasteiger partial charge in [0.15, 0.2) is 5.78 Å². The van der Waals surface area contributed by atoms with Gasteiger partial charge >= 0.3 is 0 Å². The first-order valence-electron chi connectivity index (χ1n) is 6.06. The number of rotatable bonds is 7. The molecular weight excluding hydrogens is 280 g/mol. The monoisotopic (exact) mass is 298 g/mol. The van der Waals surface area contributed by atoms with E-state index in [-0.39, 0.29) is 11.9 Å². The Kier molecular flexibility index (Phi) is 6.45. The van der Waals surface area contributed by atoms with Crippen molar-refractivity contribution in [2.75, 3.05) is 6.61 Å². The number of ether oxygens (including phenoxy) is 1. The second-order valence-electron chi connectivity index (χ2n) is 4.01. The van der Waals surface area contributed by atoms with Gasteiger partial charge in [0.25, 0.3) is 0 Å². The highest BCUT2D eigenvalue weighted by Gasteiger charge is 2.17. The molecule has 0 aliphatic rings. The fraction of sp³-hybridized carbons (Fsp3) is 0.500. The predicted molar refractivity (Wildman–Crippen MR) is 73.2 cm³/mol. The lowest BCUT2D eigenvalue weighted by atomic mass is 10.0. The standard InChI is InChI=1S/C14H19BrO2/c1-3-6-14(17-4-2)13(16)10-11-7-5-8-12(15)9-11/h5,7-9,14H,3-4,6,10H2,1-2H3. The highest BCUT2D eigenvalue weighted by atomic mass is 79.9. The van der Waals surface area contributed by atoms with E-state index in [4.69, 9.17) is 4.74 Å². The molecule has 0 heterocycles. The van der Waals surface area contributed by atoms with Gasteiger partial charge in [0, 0.05) is 17.5 Å². The Labute approximate surface area is 111 Å². The molecule has 0 amide bonds. The molecule has 0 N–H and O–H groups in total. The minimum atomic E-state index is -0.246. The molecule has 17 heavy (non-hydrogen) atoms. The van der Waals surface area contributed by atoms with Crippen molar-refractivity contribution in [2.24, 2.45) is 0 Å². The van der Waals surface area contributed by atoms with E-state index in [1.54, 1.807) is 0 Å². The van der Waals surface area contributed by atoms with Crippen molar-refractivity contribution in [3.05, 3.63) is 34.3 Å². The molecule has 94 valence electrons. The SMILES string of the molecule is CCCC(OCC)C(=O)Cc1cccc(Br)c1. The minimum Gasteiger partial charge on any atom is -0.371 e. The second-order valence-corrected chi connectivity index (χ2v) is 4.92. The summed E-state index contributed by atoms with van der Waals surface area (Å²) < 4.78 is 6.49. The van der Waals surface area contributed by atoms with Crippen LogP contribution in [0.3, 0.4) is 0 Å². The summed E-state index contributed by atoms with van der Waals surface area (Å²) in [6, 6.07) is 7.85. The predicted octanol–water partition coefficient (Wildman–Crippen LogP) is 3.77. The van der Waals surface area contributed by atoms with Crippen LogP contribution in [0, 0.1) is 0 Å². The summed E-state index contributed by atoms with van der Waals surface area (Å²) in [5.41, 5.74) is 1.03. The van der Waals surface area contributed by atoms with Crippen LogP contribution in [-0.2, 0) is 16.0 Å². The Hall–Kier alpha value is -0.670. The first-order valence-corrected chi connectivity index (χ1v) is 6.85. The van der Waals surface area contributed by atoms with Crippen molar-refractivity contribution in [1.29, 1.82) is 0 Å². The Balaban J connectivity index is 2.62. The highest BCUT2D eigenvalue weighted by Crippen LogP contribution is 2.14. The number of hydrogen-bond acceptors (Lipinski definition) is 2. The summed E-state index contributed by atoms with van der Waals surface area (Å²) >= 11 is 3.41. The van der Waals surface area contributed by atoms with Crippen LogP contribution in [0.5, 0.6) is 0 Å². The molecule has 0 bridgehead atoms. The van der Waals surface area contributed by atoms with Crippen LogP contribution in [0.1, 0.15) is 32.3 Å². The maximum Gasteiger partial charge on any atom is 0.165 e. The van der Waals surface area contributed by atoms with Crippen molar-refractivity contribution >= 4 is 21.7 Å². The van der Waals surface area contributed by atoms with Crippen LogP contribution in [0.4, 0.5) is 0 Å². The van der Waals surface area contributed by atoms with E-state index >= 15 is 0 Å². The lowest BCUT2D eigenvalue weighted by molar-refractivity contribution is -0.130. The average molecular weight is 299 g/mol. The number of benzene rings is 1. The van der Waals surface area contributed by atoms with Gasteiger partial charge in [0.05, 0.1) is 0 Å². The van der Waals surface area contributed by atoms with Crippen molar-refractivity contribution in [3.8, 4) is 0 Å². The molecule has 1 aromatic carbocycles. The largest absolute Gasteiger partial charge is 0.371 e. The van der Waals surface area contributed by atoms with Gasteiger partial charge in [-0.05, 0) is 31.0 Å².